The van der Waals surface area contributed by atoms with Crippen molar-refractivity contribution in [3.8, 4) is 0 Å². The highest BCUT2D eigenvalue weighted by Gasteiger charge is 2.34. The highest BCUT2D eigenvalue weighted by atomic mass is 32.3. The monoisotopic (exact) mass is 337 g/mol. The Balaban J connectivity index is 2.35. The molecule has 0 spiro atoms. The predicted molar refractivity (Wildman–Crippen MR) is 73.5 cm³/mol. The van der Waals surface area contributed by atoms with E-state index in [-0.39, 0.29) is 30.2 Å². The summed E-state index contributed by atoms with van der Waals surface area (Å²) in [7, 11) is -8.61. The van der Waals surface area contributed by atoms with Gasteiger partial charge in [0.25, 0.3) is 0 Å². The molecule has 118 valence electrons. The molecule has 2 atom stereocenters. The van der Waals surface area contributed by atoms with E-state index in [1.807, 2.05) is 0 Å². The third-order valence-corrected chi connectivity index (χ3v) is 6.09. The van der Waals surface area contributed by atoms with Crippen molar-refractivity contribution in [1.82, 2.24) is 4.31 Å². The third kappa shape index (κ3) is 3.42. The molecule has 1 fully saturated rings. The summed E-state index contributed by atoms with van der Waals surface area (Å²) in [5.74, 6) is 0. The van der Waals surface area contributed by atoms with Gasteiger partial charge in [-0.1, -0.05) is 0 Å². The largest absolute Gasteiger partial charge is 0.375 e. The average molecular weight is 337 g/mol. The van der Waals surface area contributed by atoms with Gasteiger partial charge in [-0.2, -0.15) is 12.7 Å². The second-order valence-corrected chi connectivity index (χ2v) is 8.21. The Morgan fingerprint density at radius 2 is 1.62 bits per heavy atom. The zero-order valence-electron chi connectivity index (χ0n) is 11.6. The number of halogens is 1. The van der Waals surface area contributed by atoms with E-state index in [0.717, 1.165) is 24.3 Å². The lowest BCUT2D eigenvalue weighted by Gasteiger charge is -2.35. The van der Waals surface area contributed by atoms with E-state index in [1.54, 1.807) is 13.8 Å². The van der Waals surface area contributed by atoms with Gasteiger partial charge in [0.2, 0.25) is 10.0 Å². The lowest BCUT2D eigenvalue weighted by molar-refractivity contribution is -0.0170. The molecular weight excluding hydrogens is 321 g/mol. The molecule has 1 saturated heterocycles. The summed E-state index contributed by atoms with van der Waals surface area (Å²) in [5, 5.41) is 0. The second-order valence-electron chi connectivity index (χ2n) is 4.98. The van der Waals surface area contributed by atoms with Crippen molar-refractivity contribution < 1.29 is 25.5 Å². The molecule has 0 bridgehead atoms. The number of hydrogen-bond acceptors (Lipinski definition) is 5. The fraction of sp³-hybridized carbons (Fsp3) is 0.500. The smallest absolute Gasteiger partial charge is 0.332 e. The maximum atomic E-state index is 12.8. The van der Waals surface area contributed by atoms with Crippen LogP contribution in [-0.4, -0.2) is 46.4 Å². The summed E-state index contributed by atoms with van der Waals surface area (Å²) in [4.78, 5) is -0.638. The van der Waals surface area contributed by atoms with Crippen LogP contribution in [0.3, 0.4) is 0 Å². The van der Waals surface area contributed by atoms with Crippen LogP contribution in [0.4, 0.5) is 3.89 Å². The summed E-state index contributed by atoms with van der Waals surface area (Å²) >= 11 is 0. The van der Waals surface area contributed by atoms with Crippen LogP contribution in [0.15, 0.2) is 34.1 Å². The molecule has 9 heteroatoms. The fourth-order valence-corrected chi connectivity index (χ4v) is 4.27. The molecule has 1 aliphatic heterocycles. The van der Waals surface area contributed by atoms with Crippen LogP contribution in [-0.2, 0) is 25.0 Å². The normalized spacial score (nSPS) is 24.9. The van der Waals surface area contributed by atoms with Crippen LogP contribution < -0.4 is 0 Å². The van der Waals surface area contributed by atoms with Crippen LogP contribution in [0.5, 0.6) is 0 Å². The van der Waals surface area contributed by atoms with Gasteiger partial charge in [-0.3, -0.25) is 0 Å². The van der Waals surface area contributed by atoms with Gasteiger partial charge in [0.05, 0.1) is 22.5 Å². The quantitative estimate of drug-likeness (QED) is 0.773. The number of ether oxygens (including phenoxy) is 1. The molecular formula is C12H16FNO5S2. The van der Waals surface area contributed by atoms with E-state index in [1.165, 1.54) is 4.31 Å². The molecule has 0 aliphatic carbocycles. The van der Waals surface area contributed by atoms with Crippen LogP contribution in [0, 0.1) is 0 Å². The van der Waals surface area contributed by atoms with Crippen molar-refractivity contribution in [1.29, 1.82) is 0 Å². The molecule has 1 heterocycles. The molecule has 0 aromatic heterocycles. The number of sulfonamides is 1. The maximum absolute atomic E-state index is 12.8. The van der Waals surface area contributed by atoms with Gasteiger partial charge in [-0.05, 0) is 38.1 Å². The molecule has 0 saturated carbocycles. The van der Waals surface area contributed by atoms with Crippen LogP contribution >= 0.6 is 0 Å². The predicted octanol–water partition coefficient (Wildman–Crippen LogP) is 1.14. The Labute approximate surface area is 123 Å². The van der Waals surface area contributed by atoms with Gasteiger partial charge in [0, 0.05) is 12.6 Å². The van der Waals surface area contributed by atoms with Gasteiger partial charge in [-0.25, -0.2) is 8.42 Å². The lowest BCUT2D eigenvalue weighted by Crippen LogP contribution is -2.50. The maximum Gasteiger partial charge on any atom is 0.332 e. The summed E-state index contributed by atoms with van der Waals surface area (Å²) in [6.45, 7) is 4.00. The van der Waals surface area contributed by atoms with Crippen LogP contribution in [0.1, 0.15) is 13.8 Å². The number of nitrogens with zero attached hydrogens (tertiary/aromatic N) is 1. The Hall–Kier alpha value is -1.03. The van der Waals surface area contributed by atoms with Gasteiger partial charge in [0.1, 0.15) is 0 Å². The van der Waals surface area contributed by atoms with Gasteiger partial charge in [-0.15, -0.1) is 3.89 Å². The molecule has 2 unspecified atom stereocenters. The first-order valence-corrected chi connectivity index (χ1v) is 9.13. The van der Waals surface area contributed by atoms with E-state index >= 15 is 0 Å². The Morgan fingerprint density at radius 3 is 2.14 bits per heavy atom. The molecule has 21 heavy (non-hydrogen) atoms. The molecule has 6 nitrogen and oxygen atoms in total. The van der Waals surface area contributed by atoms with Crippen molar-refractivity contribution >= 4 is 20.2 Å². The minimum atomic E-state index is -4.84. The number of morpholine rings is 1. The summed E-state index contributed by atoms with van der Waals surface area (Å²) in [6.07, 6.45) is -0.221. The fourth-order valence-electron chi connectivity index (χ4n) is 2.12. The molecule has 1 aromatic carbocycles. The first kappa shape index (κ1) is 16.3. The van der Waals surface area contributed by atoms with Crippen molar-refractivity contribution in [3.05, 3.63) is 24.3 Å². The highest BCUT2D eigenvalue weighted by molar-refractivity contribution is 7.89. The Morgan fingerprint density at radius 1 is 1.10 bits per heavy atom. The van der Waals surface area contributed by atoms with Gasteiger partial charge in [0.15, 0.2) is 0 Å². The Bertz CT molecular complexity index is 715. The summed E-state index contributed by atoms with van der Waals surface area (Å²) in [6, 6.07) is 3.74. The van der Waals surface area contributed by atoms with Crippen LogP contribution in [0.25, 0.3) is 0 Å². The number of rotatable bonds is 3. The lowest BCUT2D eigenvalue weighted by atomic mass is 10.2. The number of hydrogen-bond donors (Lipinski definition) is 0. The van der Waals surface area contributed by atoms with Crippen molar-refractivity contribution in [2.75, 3.05) is 13.2 Å². The van der Waals surface area contributed by atoms with Crippen molar-refractivity contribution in [3.63, 3.8) is 0 Å². The highest BCUT2D eigenvalue weighted by Crippen LogP contribution is 2.24. The first-order chi connectivity index (χ1) is 9.62. The van der Waals surface area contributed by atoms with E-state index < -0.39 is 25.1 Å². The molecule has 0 N–H and O–H groups in total. The summed E-state index contributed by atoms with van der Waals surface area (Å²) < 4.78 is 66.1. The average Bonchev–Trinajstić information content (AvgIpc) is 2.40. The van der Waals surface area contributed by atoms with E-state index in [4.69, 9.17) is 4.74 Å². The third-order valence-electron chi connectivity index (χ3n) is 3.26. The molecule has 0 amide bonds. The molecule has 0 radical (unpaired) electrons. The van der Waals surface area contributed by atoms with Gasteiger partial charge >= 0.3 is 10.2 Å². The van der Waals surface area contributed by atoms with Crippen molar-refractivity contribution in [2.45, 2.75) is 35.8 Å². The standard InChI is InChI=1S/C12H16FNO5S2/c1-9-8-19-10(2)7-14(9)21(17,18)12-5-3-11(4-6-12)20(13,15)16/h3-6,9-10H,7-8H2,1-2H3. The SMILES string of the molecule is CC1CN(S(=O)(=O)c2ccc(S(=O)(=O)F)cc2)C(C)CO1. The zero-order valence-corrected chi connectivity index (χ0v) is 13.2. The molecule has 1 aliphatic rings. The van der Waals surface area contributed by atoms with E-state index in [9.17, 15) is 20.7 Å². The van der Waals surface area contributed by atoms with E-state index in [0.29, 0.717) is 0 Å². The summed E-state index contributed by atoms with van der Waals surface area (Å²) in [5.41, 5.74) is 0. The topological polar surface area (TPSA) is 80.8 Å². The zero-order chi connectivity index (χ0) is 15.8. The van der Waals surface area contributed by atoms with Gasteiger partial charge < -0.3 is 4.74 Å². The minimum absolute atomic E-state index is 0.0733. The van der Waals surface area contributed by atoms with E-state index in [2.05, 4.69) is 0 Å². The molecule has 1 aromatic rings. The number of benzene rings is 1. The first-order valence-electron chi connectivity index (χ1n) is 6.30. The molecule has 2 rings (SSSR count). The van der Waals surface area contributed by atoms with Crippen LogP contribution in [0.2, 0.25) is 0 Å². The Kier molecular flexibility index (Phi) is 4.39. The van der Waals surface area contributed by atoms with Crippen molar-refractivity contribution in [2.24, 2.45) is 0 Å². The second kappa shape index (κ2) is 5.64. The minimum Gasteiger partial charge on any atom is -0.375 e.